The van der Waals surface area contributed by atoms with Crippen molar-refractivity contribution in [1.29, 1.82) is 0 Å². The summed E-state index contributed by atoms with van der Waals surface area (Å²) in [5.41, 5.74) is 1.94. The van der Waals surface area contributed by atoms with E-state index in [9.17, 15) is 4.79 Å². The van der Waals surface area contributed by atoms with E-state index in [1.54, 1.807) is 20.4 Å². The highest BCUT2D eigenvalue weighted by Crippen LogP contribution is 2.25. The van der Waals surface area contributed by atoms with Crippen LogP contribution in [0.3, 0.4) is 0 Å². The third-order valence-corrected chi connectivity index (χ3v) is 4.86. The summed E-state index contributed by atoms with van der Waals surface area (Å²) in [6.07, 6.45) is 1.74. The second-order valence-corrected chi connectivity index (χ2v) is 6.24. The van der Waals surface area contributed by atoms with E-state index in [0.717, 1.165) is 37.6 Å². The van der Waals surface area contributed by atoms with Crippen molar-refractivity contribution >= 4 is 27.3 Å². The Labute approximate surface area is 143 Å². The van der Waals surface area contributed by atoms with Crippen molar-refractivity contribution in [2.24, 2.45) is 7.05 Å². The van der Waals surface area contributed by atoms with E-state index in [-0.39, 0.29) is 5.56 Å². The molecule has 0 N–H and O–H groups in total. The molecule has 1 saturated heterocycles. The minimum Gasteiger partial charge on any atom is -0.497 e. The van der Waals surface area contributed by atoms with Gasteiger partial charge in [-0.2, -0.15) is 5.10 Å². The molecule has 7 heteroatoms. The molecule has 0 unspecified atom stereocenters. The molecule has 23 heavy (non-hydrogen) atoms. The average molecular weight is 379 g/mol. The highest BCUT2D eigenvalue weighted by molar-refractivity contribution is 9.10. The number of aryl methyl sites for hydroxylation is 1. The van der Waals surface area contributed by atoms with Gasteiger partial charge in [-0.25, -0.2) is 4.68 Å². The number of rotatable bonds is 3. The maximum atomic E-state index is 12.0. The first-order chi connectivity index (χ1) is 11.1. The minimum atomic E-state index is -0.111. The molecule has 2 heterocycles. The predicted octanol–water partition coefficient (Wildman–Crippen LogP) is 1.88. The van der Waals surface area contributed by atoms with Crippen LogP contribution in [0.15, 0.2) is 39.7 Å². The van der Waals surface area contributed by atoms with E-state index < -0.39 is 0 Å². The number of halogens is 1. The fourth-order valence-electron chi connectivity index (χ4n) is 2.72. The van der Waals surface area contributed by atoms with Crippen LogP contribution in [0.25, 0.3) is 0 Å². The molecule has 2 aromatic rings. The van der Waals surface area contributed by atoms with Crippen LogP contribution in [0, 0.1) is 0 Å². The van der Waals surface area contributed by atoms with Gasteiger partial charge in [0.05, 0.1) is 19.0 Å². The Morgan fingerprint density at radius 3 is 2.30 bits per heavy atom. The van der Waals surface area contributed by atoms with Gasteiger partial charge in [0, 0.05) is 38.9 Å². The molecule has 122 valence electrons. The summed E-state index contributed by atoms with van der Waals surface area (Å²) in [5.74, 6) is 0.863. The third kappa shape index (κ3) is 3.19. The van der Waals surface area contributed by atoms with E-state index in [4.69, 9.17) is 4.74 Å². The summed E-state index contributed by atoms with van der Waals surface area (Å²) in [6, 6.07) is 8.10. The Hall–Kier alpha value is -2.02. The molecule has 0 spiro atoms. The maximum Gasteiger partial charge on any atom is 0.282 e. The Morgan fingerprint density at radius 1 is 1.09 bits per heavy atom. The lowest BCUT2D eigenvalue weighted by Crippen LogP contribution is -2.47. The van der Waals surface area contributed by atoms with Crippen LogP contribution in [0.2, 0.25) is 0 Å². The van der Waals surface area contributed by atoms with Crippen LogP contribution in [0.1, 0.15) is 0 Å². The molecule has 6 nitrogen and oxygen atoms in total. The number of benzene rings is 1. The quantitative estimate of drug-likeness (QED) is 0.815. The molecule has 3 rings (SSSR count). The number of hydrogen-bond acceptors (Lipinski definition) is 5. The minimum absolute atomic E-state index is 0.111. The molecule has 1 aliphatic heterocycles. The Morgan fingerprint density at radius 2 is 1.70 bits per heavy atom. The van der Waals surface area contributed by atoms with Gasteiger partial charge >= 0.3 is 0 Å². The van der Waals surface area contributed by atoms with E-state index >= 15 is 0 Å². The largest absolute Gasteiger partial charge is 0.497 e. The summed E-state index contributed by atoms with van der Waals surface area (Å²) in [5, 5.41) is 4.12. The molecule has 0 amide bonds. The van der Waals surface area contributed by atoms with Gasteiger partial charge in [-0.1, -0.05) is 0 Å². The number of hydrogen-bond donors (Lipinski definition) is 0. The third-order valence-electron chi connectivity index (χ3n) is 4.12. The highest BCUT2D eigenvalue weighted by Gasteiger charge is 2.20. The van der Waals surface area contributed by atoms with Crippen LogP contribution in [0.5, 0.6) is 5.75 Å². The van der Waals surface area contributed by atoms with Gasteiger partial charge in [-0.15, -0.1) is 0 Å². The number of aromatic nitrogens is 2. The molecule has 0 bridgehead atoms. The van der Waals surface area contributed by atoms with Crippen LogP contribution < -0.4 is 20.1 Å². The molecule has 1 aliphatic rings. The van der Waals surface area contributed by atoms with Crippen LogP contribution in [-0.4, -0.2) is 43.1 Å². The first-order valence-electron chi connectivity index (χ1n) is 7.46. The topological polar surface area (TPSA) is 50.6 Å². The van der Waals surface area contributed by atoms with Crippen molar-refractivity contribution < 1.29 is 4.74 Å². The number of nitrogens with zero attached hydrogens (tertiary/aromatic N) is 4. The predicted molar refractivity (Wildman–Crippen MR) is 94.6 cm³/mol. The number of ether oxygens (including phenoxy) is 1. The summed E-state index contributed by atoms with van der Waals surface area (Å²) in [4.78, 5) is 16.5. The van der Waals surface area contributed by atoms with Gasteiger partial charge in [0.25, 0.3) is 5.56 Å². The molecule has 1 fully saturated rings. The van der Waals surface area contributed by atoms with Gasteiger partial charge in [0.15, 0.2) is 0 Å². The summed E-state index contributed by atoms with van der Waals surface area (Å²) in [7, 11) is 3.32. The Balaban J connectivity index is 1.71. The summed E-state index contributed by atoms with van der Waals surface area (Å²) in [6.45, 7) is 3.49. The monoisotopic (exact) mass is 378 g/mol. The van der Waals surface area contributed by atoms with Gasteiger partial charge in [-0.3, -0.25) is 4.79 Å². The highest BCUT2D eigenvalue weighted by atomic mass is 79.9. The number of methoxy groups -OCH3 is 1. The van der Waals surface area contributed by atoms with Crippen LogP contribution in [0.4, 0.5) is 11.4 Å². The van der Waals surface area contributed by atoms with Crippen molar-refractivity contribution in [2.75, 3.05) is 43.1 Å². The zero-order valence-electron chi connectivity index (χ0n) is 13.2. The molecule has 1 aromatic carbocycles. The molecule has 1 aromatic heterocycles. The number of anilines is 2. The van der Waals surface area contributed by atoms with Crippen LogP contribution in [-0.2, 0) is 7.05 Å². The smallest absolute Gasteiger partial charge is 0.282 e. The Kier molecular flexibility index (Phi) is 4.56. The molecule has 0 radical (unpaired) electrons. The fraction of sp³-hybridized carbons (Fsp3) is 0.375. The van der Waals surface area contributed by atoms with Crippen molar-refractivity contribution in [3.63, 3.8) is 0 Å². The molecular formula is C16H19BrN4O2. The average Bonchev–Trinajstić information content (AvgIpc) is 2.60. The van der Waals surface area contributed by atoms with E-state index in [1.807, 2.05) is 12.1 Å². The second-order valence-electron chi connectivity index (χ2n) is 5.44. The van der Waals surface area contributed by atoms with Crippen molar-refractivity contribution in [3.8, 4) is 5.75 Å². The number of piperazine rings is 1. The van der Waals surface area contributed by atoms with Gasteiger partial charge in [0.1, 0.15) is 10.2 Å². The van der Waals surface area contributed by atoms with Crippen molar-refractivity contribution in [1.82, 2.24) is 9.78 Å². The second kappa shape index (κ2) is 6.62. The lowest BCUT2D eigenvalue weighted by Gasteiger charge is -2.37. The molecule has 0 atom stereocenters. The fourth-order valence-corrected chi connectivity index (χ4v) is 3.33. The molecular weight excluding hydrogens is 360 g/mol. The van der Waals surface area contributed by atoms with E-state index in [0.29, 0.717) is 4.47 Å². The Bertz CT molecular complexity index is 737. The summed E-state index contributed by atoms with van der Waals surface area (Å²) >= 11 is 3.40. The maximum absolute atomic E-state index is 12.0. The SMILES string of the molecule is COc1ccc(N2CCN(c3cnn(C)c(=O)c3Br)CC2)cc1. The first-order valence-corrected chi connectivity index (χ1v) is 8.25. The lowest BCUT2D eigenvalue weighted by molar-refractivity contribution is 0.415. The van der Waals surface area contributed by atoms with Crippen LogP contribution >= 0.6 is 15.9 Å². The lowest BCUT2D eigenvalue weighted by atomic mass is 10.2. The van der Waals surface area contributed by atoms with E-state index in [2.05, 4.69) is 43.0 Å². The molecule has 0 saturated carbocycles. The summed E-state index contributed by atoms with van der Waals surface area (Å²) < 4.78 is 7.11. The van der Waals surface area contributed by atoms with Gasteiger partial charge in [-0.05, 0) is 40.2 Å². The van der Waals surface area contributed by atoms with Gasteiger partial charge < -0.3 is 14.5 Å². The van der Waals surface area contributed by atoms with Crippen molar-refractivity contribution in [3.05, 3.63) is 45.3 Å². The van der Waals surface area contributed by atoms with E-state index in [1.165, 1.54) is 10.4 Å². The molecule has 0 aliphatic carbocycles. The first kappa shape index (κ1) is 15.9. The zero-order valence-corrected chi connectivity index (χ0v) is 14.8. The zero-order chi connectivity index (χ0) is 16.4. The normalized spacial score (nSPS) is 14.9. The standard InChI is InChI=1S/C16H19BrN4O2/c1-19-16(22)15(17)14(11-18-19)21-9-7-20(8-10-21)12-3-5-13(23-2)6-4-12/h3-6,11H,7-10H2,1-2H3. The van der Waals surface area contributed by atoms with Gasteiger partial charge in [0.2, 0.25) is 0 Å². The van der Waals surface area contributed by atoms with Crippen molar-refractivity contribution in [2.45, 2.75) is 0 Å².